The number of hydrogen-bond donors (Lipinski definition) is 0. The van der Waals surface area contributed by atoms with E-state index in [0.717, 1.165) is 47.9 Å². The minimum absolute atomic E-state index is 0.236. The zero-order valence-electron chi connectivity index (χ0n) is 21.0. The molecule has 0 aliphatic heterocycles. The lowest BCUT2D eigenvalue weighted by Gasteiger charge is -2.30. The molecule has 1 fully saturated rings. The lowest BCUT2D eigenvalue weighted by Crippen LogP contribution is -2.21. The zero-order chi connectivity index (χ0) is 25.3. The minimum Gasteiger partial charge on any atom is -0.497 e. The molecule has 0 saturated heterocycles. The molecule has 36 heavy (non-hydrogen) atoms. The van der Waals surface area contributed by atoms with Crippen LogP contribution >= 0.6 is 0 Å². The van der Waals surface area contributed by atoms with Crippen LogP contribution in [0.2, 0.25) is 0 Å². The number of methoxy groups -OCH3 is 3. The first-order valence-electron chi connectivity index (χ1n) is 12.4. The fourth-order valence-electron chi connectivity index (χ4n) is 5.82. The van der Waals surface area contributed by atoms with Gasteiger partial charge in [0.15, 0.2) is 11.5 Å². The van der Waals surface area contributed by atoms with E-state index in [1.54, 1.807) is 45.6 Å². The highest BCUT2D eigenvalue weighted by Crippen LogP contribution is 2.56. The summed E-state index contributed by atoms with van der Waals surface area (Å²) in [4.78, 5) is 0.760. The summed E-state index contributed by atoms with van der Waals surface area (Å²) in [6, 6.07) is 20.5. The van der Waals surface area contributed by atoms with Gasteiger partial charge in [-0.15, -0.1) is 0 Å². The molecule has 188 valence electrons. The normalized spacial score (nSPS) is 18.1. The minimum atomic E-state index is -3.82. The Kier molecular flexibility index (Phi) is 6.80. The molecule has 6 heteroatoms. The molecule has 2 aliphatic rings. The second-order valence-electron chi connectivity index (χ2n) is 9.45. The third-order valence-electron chi connectivity index (χ3n) is 7.53. The van der Waals surface area contributed by atoms with Crippen LogP contribution in [0.1, 0.15) is 54.7 Å². The first kappa shape index (κ1) is 24.4. The first-order valence-corrected chi connectivity index (χ1v) is 13.9. The molecule has 0 spiro atoms. The maximum absolute atomic E-state index is 14.5. The van der Waals surface area contributed by atoms with Crippen LogP contribution in [0.15, 0.2) is 76.5 Å². The number of sulfone groups is 1. The van der Waals surface area contributed by atoms with Gasteiger partial charge in [0.25, 0.3) is 0 Å². The van der Waals surface area contributed by atoms with Crippen LogP contribution in [0.4, 0.5) is 0 Å². The number of allylic oxidation sites excluding steroid dienone is 1. The van der Waals surface area contributed by atoms with E-state index in [2.05, 4.69) is 0 Å². The summed E-state index contributed by atoms with van der Waals surface area (Å²) < 4.78 is 45.6. The summed E-state index contributed by atoms with van der Waals surface area (Å²) >= 11 is 0. The molecule has 0 unspecified atom stereocenters. The molecule has 0 bridgehead atoms. The van der Waals surface area contributed by atoms with Crippen LogP contribution in [-0.4, -0.2) is 29.7 Å². The van der Waals surface area contributed by atoms with Crippen molar-refractivity contribution in [2.45, 2.75) is 42.9 Å². The van der Waals surface area contributed by atoms with Crippen molar-refractivity contribution in [2.75, 3.05) is 21.3 Å². The lowest BCUT2D eigenvalue weighted by atomic mass is 9.77. The van der Waals surface area contributed by atoms with Gasteiger partial charge in [0, 0.05) is 11.5 Å². The highest BCUT2D eigenvalue weighted by Gasteiger charge is 2.44. The topological polar surface area (TPSA) is 61.8 Å². The van der Waals surface area contributed by atoms with Crippen molar-refractivity contribution in [3.8, 4) is 17.2 Å². The van der Waals surface area contributed by atoms with Crippen molar-refractivity contribution in [2.24, 2.45) is 5.92 Å². The van der Waals surface area contributed by atoms with Crippen LogP contribution in [0.25, 0.3) is 5.57 Å². The van der Waals surface area contributed by atoms with Gasteiger partial charge < -0.3 is 14.2 Å². The van der Waals surface area contributed by atoms with Gasteiger partial charge in [-0.05, 0) is 71.8 Å². The van der Waals surface area contributed by atoms with E-state index < -0.39 is 9.84 Å². The largest absolute Gasteiger partial charge is 0.497 e. The molecular weight excluding hydrogens is 472 g/mol. The molecule has 3 aromatic rings. The molecule has 0 radical (unpaired) electrons. The summed E-state index contributed by atoms with van der Waals surface area (Å²) in [7, 11) is 0.983. The molecule has 0 N–H and O–H groups in total. The number of ether oxygens (including phenoxy) is 3. The molecule has 0 amide bonds. The standard InChI is InChI=1S/C30H32O5S/c1-33-22-14-16-23(17-15-22)36(31,32)30-28(20-10-6-4-7-11-20)24-18-26(34-2)27(35-3)19-25(24)29(30)21-12-8-5-9-13-21/h4,6-7,10-11,14-19,21,29H,5,8-9,12-13H2,1-3H3/t29-/m1/s1. The van der Waals surface area contributed by atoms with Crippen molar-refractivity contribution in [1.82, 2.24) is 0 Å². The smallest absolute Gasteiger partial charge is 0.204 e. The van der Waals surface area contributed by atoms with Gasteiger partial charge in [-0.1, -0.05) is 49.6 Å². The summed E-state index contributed by atoms with van der Waals surface area (Å²) in [5.74, 6) is 1.82. The molecule has 1 atom stereocenters. The second kappa shape index (κ2) is 10.0. The van der Waals surface area contributed by atoms with Crippen LogP contribution in [0.5, 0.6) is 17.2 Å². The van der Waals surface area contributed by atoms with E-state index in [1.807, 2.05) is 42.5 Å². The van der Waals surface area contributed by atoms with Crippen LogP contribution in [-0.2, 0) is 9.84 Å². The molecule has 0 aromatic heterocycles. The van der Waals surface area contributed by atoms with E-state index in [9.17, 15) is 8.42 Å². The predicted molar refractivity (Wildman–Crippen MR) is 142 cm³/mol. The third kappa shape index (κ3) is 4.17. The van der Waals surface area contributed by atoms with Crippen molar-refractivity contribution >= 4 is 15.4 Å². The fourth-order valence-corrected chi connectivity index (χ4v) is 7.72. The second-order valence-corrected chi connectivity index (χ2v) is 11.4. The Bertz CT molecular complexity index is 1370. The molecular formula is C30H32O5S. The summed E-state index contributed by atoms with van der Waals surface area (Å²) in [5, 5.41) is 0. The number of benzene rings is 3. The number of rotatable bonds is 7. The molecule has 3 aromatic carbocycles. The maximum atomic E-state index is 14.5. The Balaban J connectivity index is 1.82. The molecule has 1 saturated carbocycles. The zero-order valence-corrected chi connectivity index (χ0v) is 21.8. The monoisotopic (exact) mass is 504 g/mol. The molecule has 2 aliphatic carbocycles. The third-order valence-corrected chi connectivity index (χ3v) is 9.46. The van der Waals surface area contributed by atoms with Crippen molar-refractivity contribution in [3.63, 3.8) is 0 Å². The SMILES string of the molecule is COc1ccc(S(=O)(=O)C2=C(c3ccccc3)c3cc(OC)c(OC)cc3[C@H]2C2CCCCC2)cc1. The van der Waals surface area contributed by atoms with E-state index >= 15 is 0 Å². The Hall–Kier alpha value is -3.25. The van der Waals surface area contributed by atoms with Gasteiger partial charge in [0.1, 0.15) is 5.75 Å². The van der Waals surface area contributed by atoms with Gasteiger partial charge in [0.05, 0.1) is 31.1 Å². The van der Waals surface area contributed by atoms with Crippen molar-refractivity contribution in [3.05, 3.63) is 88.3 Å². The first-order chi connectivity index (χ1) is 17.5. The highest BCUT2D eigenvalue weighted by molar-refractivity contribution is 7.95. The van der Waals surface area contributed by atoms with Gasteiger partial charge >= 0.3 is 0 Å². The van der Waals surface area contributed by atoms with Crippen molar-refractivity contribution in [1.29, 1.82) is 0 Å². The molecule has 5 nitrogen and oxygen atoms in total. The number of hydrogen-bond acceptors (Lipinski definition) is 5. The van der Waals surface area contributed by atoms with E-state index in [-0.39, 0.29) is 16.7 Å². The van der Waals surface area contributed by atoms with Gasteiger partial charge in [-0.3, -0.25) is 0 Å². The maximum Gasteiger partial charge on any atom is 0.204 e. The Morgan fingerprint density at radius 2 is 1.39 bits per heavy atom. The predicted octanol–water partition coefficient (Wildman–Crippen LogP) is 6.62. The molecule has 0 heterocycles. The van der Waals surface area contributed by atoms with E-state index in [0.29, 0.717) is 22.2 Å². The van der Waals surface area contributed by atoms with E-state index in [1.165, 1.54) is 6.42 Å². The van der Waals surface area contributed by atoms with E-state index in [4.69, 9.17) is 14.2 Å². The van der Waals surface area contributed by atoms with Gasteiger partial charge in [-0.2, -0.15) is 0 Å². The average molecular weight is 505 g/mol. The van der Waals surface area contributed by atoms with Crippen LogP contribution in [0, 0.1) is 5.92 Å². The fraction of sp³-hybridized carbons (Fsp3) is 0.333. The highest BCUT2D eigenvalue weighted by atomic mass is 32.2. The summed E-state index contributed by atoms with van der Waals surface area (Å²) in [6.07, 6.45) is 5.42. The Labute approximate surface area is 213 Å². The van der Waals surface area contributed by atoms with Crippen LogP contribution in [0.3, 0.4) is 0 Å². The number of fused-ring (bicyclic) bond motifs is 1. The summed E-state index contributed by atoms with van der Waals surface area (Å²) in [6.45, 7) is 0. The van der Waals surface area contributed by atoms with Gasteiger partial charge in [-0.25, -0.2) is 8.42 Å². The molecule has 5 rings (SSSR count). The summed E-state index contributed by atoms with van der Waals surface area (Å²) in [5.41, 5.74) is 3.56. The van der Waals surface area contributed by atoms with Crippen molar-refractivity contribution < 1.29 is 22.6 Å². The Morgan fingerprint density at radius 1 is 0.750 bits per heavy atom. The van der Waals surface area contributed by atoms with Crippen LogP contribution < -0.4 is 14.2 Å². The quantitative estimate of drug-likeness (QED) is 0.362. The lowest BCUT2D eigenvalue weighted by molar-refractivity contribution is 0.328. The average Bonchev–Trinajstić information content (AvgIpc) is 3.28. The van der Waals surface area contributed by atoms with Gasteiger partial charge in [0.2, 0.25) is 9.84 Å². The Morgan fingerprint density at radius 3 is 2.00 bits per heavy atom.